The average molecular weight is 199 g/mol. The number of hydrogen-bond donors (Lipinski definition) is 2. The molecule has 0 aromatic carbocycles. The molecule has 0 radical (unpaired) electrons. The summed E-state index contributed by atoms with van der Waals surface area (Å²) in [5, 5.41) is 6.19. The van der Waals surface area contributed by atoms with Gasteiger partial charge >= 0.3 is 0 Å². The summed E-state index contributed by atoms with van der Waals surface area (Å²) in [6.45, 7) is 1.62. The summed E-state index contributed by atoms with van der Waals surface area (Å²) < 4.78 is 4.73. The van der Waals surface area contributed by atoms with Gasteiger partial charge in [0.05, 0.1) is 7.11 Å². The molecule has 0 bridgehead atoms. The van der Waals surface area contributed by atoms with Gasteiger partial charge in [0.1, 0.15) is 6.04 Å². The second kappa shape index (κ2) is 4.59. The minimum Gasteiger partial charge on any atom is -0.483 e. The number of nitrogens with one attached hydrogen (secondary N) is 2. The lowest BCUT2D eigenvalue weighted by Crippen LogP contribution is -2.39. The number of carbonyl (C=O) groups is 2. The van der Waals surface area contributed by atoms with Crippen LogP contribution in [0.4, 0.5) is 0 Å². The van der Waals surface area contributed by atoms with Gasteiger partial charge in [-0.3, -0.25) is 9.59 Å². The first-order valence-electron chi connectivity index (χ1n) is 4.31. The van der Waals surface area contributed by atoms with Gasteiger partial charge in [-0.2, -0.15) is 0 Å². The fraction of sp³-hybridized carbons (Fsp3) is 0.625. The monoisotopic (exact) mass is 199 g/mol. The minimum atomic E-state index is -0.462. The van der Waals surface area contributed by atoms with Crippen molar-refractivity contribution >= 4 is 17.7 Å². The highest BCUT2D eigenvalue weighted by Gasteiger charge is 2.26. The SMILES string of the molecule is CO/C(C)=N\NC(=O)C1CCC(=O)N1. The van der Waals surface area contributed by atoms with Crippen molar-refractivity contribution in [3.63, 3.8) is 0 Å². The summed E-state index contributed by atoms with van der Waals surface area (Å²) in [5.74, 6) is -0.0486. The van der Waals surface area contributed by atoms with Crippen LogP contribution in [0.5, 0.6) is 0 Å². The summed E-state index contributed by atoms with van der Waals surface area (Å²) in [6, 6.07) is -0.462. The maximum atomic E-state index is 11.3. The van der Waals surface area contributed by atoms with Gasteiger partial charge in [0.15, 0.2) is 0 Å². The summed E-state index contributed by atoms with van der Waals surface area (Å²) in [7, 11) is 1.46. The molecule has 14 heavy (non-hydrogen) atoms. The predicted octanol–water partition coefficient (Wildman–Crippen LogP) is -0.639. The average Bonchev–Trinajstić information content (AvgIpc) is 2.60. The number of carbonyl (C=O) groups excluding carboxylic acids is 2. The molecule has 1 saturated heterocycles. The van der Waals surface area contributed by atoms with E-state index in [4.69, 9.17) is 4.74 Å². The highest BCUT2D eigenvalue weighted by Crippen LogP contribution is 2.05. The van der Waals surface area contributed by atoms with Crippen molar-refractivity contribution in [3.8, 4) is 0 Å². The van der Waals surface area contributed by atoms with Gasteiger partial charge in [-0.15, -0.1) is 5.10 Å². The van der Waals surface area contributed by atoms with E-state index in [1.165, 1.54) is 7.11 Å². The van der Waals surface area contributed by atoms with E-state index in [0.717, 1.165) is 0 Å². The lowest BCUT2D eigenvalue weighted by atomic mass is 10.2. The molecule has 1 unspecified atom stereocenters. The molecule has 0 aliphatic carbocycles. The molecule has 2 amide bonds. The Morgan fingerprint density at radius 2 is 2.43 bits per heavy atom. The summed E-state index contributed by atoms with van der Waals surface area (Å²) in [4.78, 5) is 22.1. The zero-order chi connectivity index (χ0) is 10.6. The van der Waals surface area contributed by atoms with Crippen molar-refractivity contribution in [3.05, 3.63) is 0 Å². The third-order valence-electron chi connectivity index (χ3n) is 1.93. The zero-order valence-electron chi connectivity index (χ0n) is 8.16. The van der Waals surface area contributed by atoms with Gasteiger partial charge < -0.3 is 10.1 Å². The second-order valence-corrected chi connectivity index (χ2v) is 2.97. The third kappa shape index (κ3) is 2.72. The Bertz CT molecular complexity index is 275. The summed E-state index contributed by atoms with van der Waals surface area (Å²) in [5.41, 5.74) is 2.31. The molecule has 1 aliphatic heterocycles. The normalized spacial score (nSPS) is 21.7. The molecule has 78 valence electrons. The van der Waals surface area contributed by atoms with Crippen molar-refractivity contribution < 1.29 is 14.3 Å². The van der Waals surface area contributed by atoms with Crippen molar-refractivity contribution in [2.75, 3.05) is 7.11 Å². The molecule has 1 heterocycles. The summed E-state index contributed by atoms with van der Waals surface area (Å²) in [6.07, 6.45) is 0.914. The Morgan fingerprint density at radius 1 is 1.71 bits per heavy atom. The molecular formula is C8H13N3O3. The van der Waals surface area contributed by atoms with Gasteiger partial charge in [0.2, 0.25) is 11.8 Å². The molecule has 0 aromatic rings. The fourth-order valence-electron chi connectivity index (χ4n) is 1.07. The van der Waals surface area contributed by atoms with Crippen molar-refractivity contribution in [2.24, 2.45) is 5.10 Å². The van der Waals surface area contributed by atoms with Gasteiger partial charge in [0.25, 0.3) is 5.91 Å². The number of methoxy groups -OCH3 is 1. The minimum absolute atomic E-state index is 0.0995. The van der Waals surface area contributed by atoms with Crippen LogP contribution in [-0.4, -0.2) is 30.9 Å². The molecule has 1 atom stereocenters. The van der Waals surface area contributed by atoms with E-state index >= 15 is 0 Å². The topological polar surface area (TPSA) is 79.8 Å². The zero-order valence-corrected chi connectivity index (χ0v) is 8.16. The smallest absolute Gasteiger partial charge is 0.262 e. The Kier molecular flexibility index (Phi) is 3.44. The lowest BCUT2D eigenvalue weighted by Gasteiger charge is -2.07. The number of rotatable bonds is 2. The van der Waals surface area contributed by atoms with E-state index in [1.807, 2.05) is 0 Å². The van der Waals surface area contributed by atoms with Crippen molar-refractivity contribution in [1.82, 2.24) is 10.7 Å². The van der Waals surface area contributed by atoms with Crippen LogP contribution in [0.1, 0.15) is 19.8 Å². The largest absolute Gasteiger partial charge is 0.483 e. The molecule has 0 aromatic heterocycles. The van der Waals surface area contributed by atoms with Crippen molar-refractivity contribution in [1.29, 1.82) is 0 Å². The molecule has 1 rings (SSSR count). The number of amides is 2. The molecule has 0 saturated carbocycles. The second-order valence-electron chi connectivity index (χ2n) is 2.97. The van der Waals surface area contributed by atoms with E-state index < -0.39 is 6.04 Å². The Labute approximate surface area is 81.7 Å². The molecule has 6 heteroatoms. The van der Waals surface area contributed by atoms with Gasteiger partial charge in [-0.25, -0.2) is 5.43 Å². The van der Waals surface area contributed by atoms with Crippen LogP contribution in [-0.2, 0) is 14.3 Å². The highest BCUT2D eigenvalue weighted by molar-refractivity contribution is 5.91. The van der Waals surface area contributed by atoms with Crippen molar-refractivity contribution in [2.45, 2.75) is 25.8 Å². The maximum absolute atomic E-state index is 11.3. The fourth-order valence-corrected chi connectivity index (χ4v) is 1.07. The highest BCUT2D eigenvalue weighted by atomic mass is 16.5. The molecule has 6 nitrogen and oxygen atoms in total. The van der Waals surface area contributed by atoms with E-state index in [0.29, 0.717) is 18.7 Å². The quantitative estimate of drug-likeness (QED) is 0.352. The van der Waals surface area contributed by atoms with Crippen LogP contribution in [0.25, 0.3) is 0 Å². The van der Waals surface area contributed by atoms with Crippen LogP contribution < -0.4 is 10.7 Å². The Hall–Kier alpha value is -1.59. The molecule has 2 N–H and O–H groups in total. The van der Waals surface area contributed by atoms with E-state index in [1.54, 1.807) is 6.92 Å². The Balaban J connectivity index is 2.39. The molecule has 1 aliphatic rings. The molecule has 0 spiro atoms. The predicted molar refractivity (Wildman–Crippen MR) is 49.4 cm³/mol. The lowest BCUT2D eigenvalue weighted by molar-refractivity contribution is -0.125. The molecular weight excluding hydrogens is 186 g/mol. The molecule has 1 fully saturated rings. The number of hydrazone groups is 1. The van der Waals surface area contributed by atoms with Crippen LogP contribution in [0.15, 0.2) is 5.10 Å². The Morgan fingerprint density at radius 3 is 2.93 bits per heavy atom. The third-order valence-corrected chi connectivity index (χ3v) is 1.93. The number of hydrogen-bond acceptors (Lipinski definition) is 4. The standard InChI is InChI=1S/C8H13N3O3/c1-5(14-2)10-11-8(13)6-3-4-7(12)9-6/h6H,3-4H2,1-2H3,(H,9,12)(H,11,13)/b10-5-. The van der Waals surface area contributed by atoms with Crippen LogP contribution in [0.3, 0.4) is 0 Å². The van der Waals surface area contributed by atoms with Gasteiger partial charge in [-0.1, -0.05) is 0 Å². The number of ether oxygens (including phenoxy) is 1. The first kappa shape index (κ1) is 10.5. The van der Waals surface area contributed by atoms with Gasteiger partial charge in [0, 0.05) is 13.3 Å². The van der Waals surface area contributed by atoms with Crippen LogP contribution >= 0.6 is 0 Å². The first-order valence-corrected chi connectivity index (χ1v) is 4.31. The first-order chi connectivity index (χ1) is 6.63. The van der Waals surface area contributed by atoms with E-state index in [9.17, 15) is 9.59 Å². The van der Waals surface area contributed by atoms with E-state index in [-0.39, 0.29) is 11.8 Å². The van der Waals surface area contributed by atoms with Gasteiger partial charge in [-0.05, 0) is 6.42 Å². The van der Waals surface area contributed by atoms with Crippen LogP contribution in [0.2, 0.25) is 0 Å². The summed E-state index contributed by atoms with van der Waals surface area (Å²) >= 11 is 0. The van der Waals surface area contributed by atoms with Crippen LogP contribution in [0, 0.1) is 0 Å². The van der Waals surface area contributed by atoms with E-state index in [2.05, 4.69) is 15.8 Å². The number of nitrogens with zero attached hydrogens (tertiary/aromatic N) is 1. The maximum Gasteiger partial charge on any atom is 0.262 e.